The van der Waals surface area contributed by atoms with Gasteiger partial charge in [-0.3, -0.25) is 0 Å². The quantitative estimate of drug-likeness (QED) is 0.827. The molecule has 1 atom stereocenters. The summed E-state index contributed by atoms with van der Waals surface area (Å²) < 4.78 is 5.18. The van der Waals surface area contributed by atoms with Gasteiger partial charge in [0.2, 0.25) is 0 Å². The Kier molecular flexibility index (Phi) is 3.44. The molecular weight excluding hydrogens is 190 g/mol. The summed E-state index contributed by atoms with van der Waals surface area (Å²) in [6.45, 7) is 5.18. The lowest BCUT2D eigenvalue weighted by atomic mass is 9.99. The molecule has 1 aromatic rings. The molecule has 3 heteroatoms. The number of β-amino-alcohol motifs (C(OH)–C–C–N with tert-alkyl or cyclic N) is 1. The van der Waals surface area contributed by atoms with Gasteiger partial charge in [0.05, 0.1) is 6.26 Å². The van der Waals surface area contributed by atoms with Crippen molar-refractivity contribution in [3.05, 3.63) is 24.2 Å². The zero-order chi connectivity index (χ0) is 10.7. The van der Waals surface area contributed by atoms with E-state index in [4.69, 9.17) is 4.42 Å². The van der Waals surface area contributed by atoms with Crippen LogP contribution in [0.3, 0.4) is 0 Å². The molecule has 0 bridgehead atoms. The van der Waals surface area contributed by atoms with Gasteiger partial charge in [-0.2, -0.15) is 0 Å². The van der Waals surface area contributed by atoms with E-state index in [9.17, 15) is 5.11 Å². The number of likely N-dealkylation sites (tertiary alicyclic amines) is 1. The molecule has 1 aliphatic heterocycles. The molecule has 84 valence electrons. The summed E-state index contributed by atoms with van der Waals surface area (Å²) in [7, 11) is 0. The lowest BCUT2D eigenvalue weighted by molar-refractivity contribution is 0.0771. The van der Waals surface area contributed by atoms with Crippen molar-refractivity contribution >= 4 is 0 Å². The standard InChI is InChI=1S/C12H19NO2/c1-10-4-6-13(7-5-10)9-11(14)12-3-2-8-15-12/h2-3,8,10-11,14H,4-7,9H2,1H3. The van der Waals surface area contributed by atoms with Gasteiger partial charge in [-0.1, -0.05) is 6.92 Å². The molecule has 3 nitrogen and oxygen atoms in total. The second-order valence-corrected chi connectivity index (χ2v) is 4.51. The molecule has 0 aromatic carbocycles. The number of aliphatic hydroxyl groups excluding tert-OH is 1. The Balaban J connectivity index is 1.82. The largest absolute Gasteiger partial charge is 0.467 e. The van der Waals surface area contributed by atoms with E-state index >= 15 is 0 Å². The van der Waals surface area contributed by atoms with Crippen LogP contribution in [-0.2, 0) is 0 Å². The van der Waals surface area contributed by atoms with E-state index in [1.807, 2.05) is 12.1 Å². The topological polar surface area (TPSA) is 36.6 Å². The van der Waals surface area contributed by atoms with Crippen LogP contribution in [0.1, 0.15) is 31.6 Å². The van der Waals surface area contributed by atoms with Crippen molar-refractivity contribution in [1.82, 2.24) is 4.90 Å². The molecule has 2 heterocycles. The van der Waals surface area contributed by atoms with Crippen molar-refractivity contribution in [3.8, 4) is 0 Å². The highest BCUT2D eigenvalue weighted by molar-refractivity contribution is 5.02. The third-order valence-electron chi connectivity index (χ3n) is 3.18. The lowest BCUT2D eigenvalue weighted by Gasteiger charge is -2.31. The van der Waals surface area contributed by atoms with Crippen LogP contribution in [0.15, 0.2) is 22.8 Å². The molecule has 1 unspecified atom stereocenters. The summed E-state index contributed by atoms with van der Waals surface area (Å²) in [5.74, 6) is 1.51. The first kappa shape index (κ1) is 10.7. The Morgan fingerprint density at radius 1 is 1.53 bits per heavy atom. The summed E-state index contributed by atoms with van der Waals surface area (Å²) in [6.07, 6.45) is 3.61. The number of aliphatic hydroxyl groups is 1. The minimum absolute atomic E-state index is 0.478. The van der Waals surface area contributed by atoms with E-state index in [1.54, 1.807) is 6.26 Å². The van der Waals surface area contributed by atoms with Crippen LogP contribution < -0.4 is 0 Å². The van der Waals surface area contributed by atoms with E-state index in [0.717, 1.165) is 19.0 Å². The van der Waals surface area contributed by atoms with Gasteiger partial charge in [0.25, 0.3) is 0 Å². The Hall–Kier alpha value is -0.800. The van der Waals surface area contributed by atoms with E-state index in [1.165, 1.54) is 12.8 Å². The Labute approximate surface area is 90.7 Å². The van der Waals surface area contributed by atoms with Crippen LogP contribution in [0.4, 0.5) is 0 Å². The fourth-order valence-corrected chi connectivity index (χ4v) is 2.06. The van der Waals surface area contributed by atoms with E-state index in [-0.39, 0.29) is 0 Å². The summed E-state index contributed by atoms with van der Waals surface area (Å²) in [4.78, 5) is 2.31. The summed E-state index contributed by atoms with van der Waals surface area (Å²) in [5, 5.41) is 9.89. The van der Waals surface area contributed by atoms with Gasteiger partial charge < -0.3 is 14.4 Å². The monoisotopic (exact) mass is 209 g/mol. The zero-order valence-electron chi connectivity index (χ0n) is 9.22. The van der Waals surface area contributed by atoms with E-state index in [0.29, 0.717) is 12.3 Å². The molecule has 2 rings (SSSR count). The van der Waals surface area contributed by atoms with Crippen molar-refractivity contribution in [1.29, 1.82) is 0 Å². The molecule has 15 heavy (non-hydrogen) atoms. The molecule has 1 aliphatic rings. The second-order valence-electron chi connectivity index (χ2n) is 4.51. The van der Waals surface area contributed by atoms with Gasteiger partial charge >= 0.3 is 0 Å². The van der Waals surface area contributed by atoms with Gasteiger partial charge in [-0.05, 0) is 44.0 Å². The Bertz CT molecular complexity index is 276. The van der Waals surface area contributed by atoms with Gasteiger partial charge in [0.1, 0.15) is 11.9 Å². The number of rotatable bonds is 3. The van der Waals surface area contributed by atoms with Crippen LogP contribution >= 0.6 is 0 Å². The maximum atomic E-state index is 9.89. The number of nitrogens with zero attached hydrogens (tertiary/aromatic N) is 1. The maximum absolute atomic E-state index is 9.89. The predicted molar refractivity (Wildman–Crippen MR) is 58.5 cm³/mol. The predicted octanol–water partition coefficient (Wildman–Crippen LogP) is 2.04. The number of hydrogen-bond donors (Lipinski definition) is 1. The first-order chi connectivity index (χ1) is 7.25. The van der Waals surface area contributed by atoms with E-state index in [2.05, 4.69) is 11.8 Å². The normalized spacial score (nSPS) is 21.7. The minimum atomic E-state index is -0.478. The first-order valence-corrected chi connectivity index (χ1v) is 5.69. The van der Waals surface area contributed by atoms with Gasteiger partial charge in [-0.15, -0.1) is 0 Å². The third-order valence-corrected chi connectivity index (χ3v) is 3.18. The lowest BCUT2D eigenvalue weighted by Crippen LogP contribution is -2.35. The van der Waals surface area contributed by atoms with Crippen LogP contribution in [-0.4, -0.2) is 29.6 Å². The number of furan rings is 1. The van der Waals surface area contributed by atoms with E-state index < -0.39 is 6.10 Å². The molecule has 1 N–H and O–H groups in total. The Morgan fingerprint density at radius 2 is 2.27 bits per heavy atom. The maximum Gasteiger partial charge on any atom is 0.133 e. The molecule has 1 fully saturated rings. The Morgan fingerprint density at radius 3 is 2.87 bits per heavy atom. The summed E-state index contributed by atoms with van der Waals surface area (Å²) >= 11 is 0. The molecule has 0 amide bonds. The SMILES string of the molecule is CC1CCN(CC(O)c2ccco2)CC1. The first-order valence-electron chi connectivity index (χ1n) is 5.69. The fraction of sp³-hybridized carbons (Fsp3) is 0.667. The molecule has 0 spiro atoms. The average Bonchev–Trinajstić information content (AvgIpc) is 2.74. The van der Waals surface area contributed by atoms with Gasteiger partial charge in [-0.25, -0.2) is 0 Å². The zero-order valence-corrected chi connectivity index (χ0v) is 9.22. The van der Waals surface area contributed by atoms with Crippen molar-refractivity contribution in [3.63, 3.8) is 0 Å². The summed E-state index contributed by atoms with van der Waals surface area (Å²) in [6, 6.07) is 3.65. The van der Waals surface area contributed by atoms with Gasteiger partial charge in [0.15, 0.2) is 0 Å². The number of piperidine rings is 1. The molecule has 1 saturated heterocycles. The molecular formula is C12H19NO2. The van der Waals surface area contributed by atoms with Crippen LogP contribution in [0.2, 0.25) is 0 Å². The highest BCUT2D eigenvalue weighted by Crippen LogP contribution is 2.20. The summed E-state index contributed by atoms with van der Waals surface area (Å²) in [5.41, 5.74) is 0. The third kappa shape index (κ3) is 2.83. The molecule has 0 saturated carbocycles. The molecule has 0 radical (unpaired) electrons. The smallest absolute Gasteiger partial charge is 0.133 e. The van der Waals surface area contributed by atoms with Gasteiger partial charge in [0, 0.05) is 6.54 Å². The molecule has 0 aliphatic carbocycles. The average molecular weight is 209 g/mol. The van der Waals surface area contributed by atoms with Crippen molar-refractivity contribution in [2.75, 3.05) is 19.6 Å². The van der Waals surface area contributed by atoms with Crippen molar-refractivity contribution < 1.29 is 9.52 Å². The number of hydrogen-bond acceptors (Lipinski definition) is 3. The second kappa shape index (κ2) is 4.81. The van der Waals surface area contributed by atoms with Crippen LogP contribution in [0.5, 0.6) is 0 Å². The highest BCUT2D eigenvalue weighted by atomic mass is 16.4. The minimum Gasteiger partial charge on any atom is -0.467 e. The van der Waals surface area contributed by atoms with Crippen LogP contribution in [0.25, 0.3) is 0 Å². The highest BCUT2D eigenvalue weighted by Gasteiger charge is 2.19. The fourth-order valence-electron chi connectivity index (χ4n) is 2.06. The van der Waals surface area contributed by atoms with Crippen LogP contribution in [0, 0.1) is 5.92 Å². The van der Waals surface area contributed by atoms with Crippen molar-refractivity contribution in [2.45, 2.75) is 25.9 Å². The van der Waals surface area contributed by atoms with Crippen molar-refractivity contribution in [2.24, 2.45) is 5.92 Å². The molecule has 1 aromatic heterocycles.